The highest BCUT2D eigenvalue weighted by atomic mass is 16.5. The number of carboxylic acids is 1. The van der Waals surface area contributed by atoms with E-state index in [2.05, 4.69) is 62.1 Å². The second-order valence-electron chi connectivity index (χ2n) is 15.0. The summed E-state index contributed by atoms with van der Waals surface area (Å²) in [5.74, 6) is -0.248. The number of carboxylic acid groups (broad SMARTS) is 1. The summed E-state index contributed by atoms with van der Waals surface area (Å²) in [5, 5.41) is 19.3. The summed E-state index contributed by atoms with van der Waals surface area (Å²) < 4.78 is 7.94. The standard InChI is InChI=1S/C38H44N8O3/c1-24-30(32(44-18-15-38(5,6)16-19-44)29(21-39-24)33(36(47)48)49-37(2,3)4)26-12-13-27-22-45(17-14-25(27)20-26)34-31-35(41-23-40-34)46(43-42-31)28-10-8-7-9-11-28/h7-13,20-21,23,33H,14-19,22H2,1-6H3,(H,47,48)/t33-/m0/s1. The molecule has 5 heterocycles. The molecule has 1 atom stereocenters. The third-order valence-corrected chi connectivity index (χ3v) is 9.71. The number of rotatable bonds is 7. The Morgan fingerprint density at radius 3 is 2.43 bits per heavy atom. The van der Waals surface area contributed by atoms with Gasteiger partial charge in [-0.05, 0) is 81.2 Å². The maximum absolute atomic E-state index is 12.7. The van der Waals surface area contributed by atoms with Crippen LogP contribution in [0.3, 0.4) is 0 Å². The van der Waals surface area contributed by atoms with Gasteiger partial charge in [-0.1, -0.05) is 55.5 Å². The average molecular weight is 661 g/mol. The van der Waals surface area contributed by atoms with E-state index >= 15 is 0 Å². The number of aliphatic carboxylic acids is 1. The van der Waals surface area contributed by atoms with Crippen LogP contribution in [0.25, 0.3) is 28.0 Å². The van der Waals surface area contributed by atoms with Crippen LogP contribution in [0.1, 0.15) is 75.9 Å². The lowest BCUT2D eigenvalue weighted by Crippen LogP contribution is -2.39. The number of piperidine rings is 1. The molecule has 0 aliphatic carbocycles. The quantitative estimate of drug-likeness (QED) is 0.202. The fourth-order valence-corrected chi connectivity index (χ4v) is 7.02. The van der Waals surface area contributed by atoms with Crippen LogP contribution in [0.2, 0.25) is 0 Å². The fourth-order valence-electron chi connectivity index (χ4n) is 7.02. The molecule has 3 aromatic heterocycles. The Bertz CT molecular complexity index is 2010. The summed E-state index contributed by atoms with van der Waals surface area (Å²) in [6, 6.07) is 16.5. The van der Waals surface area contributed by atoms with Crippen molar-refractivity contribution in [3.05, 3.63) is 83.4 Å². The van der Waals surface area contributed by atoms with Gasteiger partial charge in [-0.2, -0.15) is 4.68 Å². The van der Waals surface area contributed by atoms with Crippen LogP contribution in [-0.4, -0.2) is 66.3 Å². The smallest absolute Gasteiger partial charge is 0.337 e. The summed E-state index contributed by atoms with van der Waals surface area (Å²) in [7, 11) is 0. The maximum atomic E-state index is 12.7. The first kappa shape index (κ1) is 32.6. The van der Waals surface area contributed by atoms with E-state index in [1.807, 2.05) is 58.0 Å². The van der Waals surface area contributed by atoms with Crippen molar-refractivity contribution >= 4 is 28.6 Å². The molecule has 0 radical (unpaired) electrons. The number of aryl methyl sites for hydroxylation is 1. The monoisotopic (exact) mass is 660 g/mol. The first-order chi connectivity index (χ1) is 23.4. The lowest BCUT2D eigenvalue weighted by molar-refractivity contribution is -0.160. The number of anilines is 2. The zero-order chi connectivity index (χ0) is 34.5. The Morgan fingerprint density at radius 2 is 1.71 bits per heavy atom. The molecule has 2 aliphatic rings. The normalized spacial score (nSPS) is 16.9. The molecule has 0 unspecified atom stereocenters. The topological polar surface area (TPSA) is 122 Å². The average Bonchev–Trinajstić information content (AvgIpc) is 3.51. The maximum Gasteiger partial charge on any atom is 0.337 e. The zero-order valence-electron chi connectivity index (χ0n) is 29.1. The van der Waals surface area contributed by atoms with Crippen molar-refractivity contribution in [3.8, 4) is 16.8 Å². The lowest BCUT2D eigenvalue weighted by atomic mass is 9.82. The van der Waals surface area contributed by atoms with Crippen LogP contribution < -0.4 is 9.80 Å². The fraction of sp³-hybridized carbons (Fsp3) is 0.421. The Hall–Kier alpha value is -4.90. The van der Waals surface area contributed by atoms with Crippen molar-refractivity contribution in [2.24, 2.45) is 5.41 Å². The van der Waals surface area contributed by atoms with Gasteiger partial charge in [0.05, 0.1) is 17.0 Å². The zero-order valence-corrected chi connectivity index (χ0v) is 29.1. The van der Waals surface area contributed by atoms with Gasteiger partial charge >= 0.3 is 5.97 Å². The van der Waals surface area contributed by atoms with E-state index < -0.39 is 17.7 Å². The van der Waals surface area contributed by atoms with E-state index in [1.165, 1.54) is 11.1 Å². The molecule has 7 rings (SSSR count). The first-order valence-electron chi connectivity index (χ1n) is 17.0. The number of para-hydroxylation sites is 1. The van der Waals surface area contributed by atoms with Crippen LogP contribution in [0.5, 0.6) is 0 Å². The highest BCUT2D eigenvalue weighted by Gasteiger charge is 2.35. The lowest BCUT2D eigenvalue weighted by Gasteiger charge is -2.41. The number of fused-ring (bicyclic) bond motifs is 2. The molecule has 254 valence electrons. The number of hydrogen-bond acceptors (Lipinski definition) is 9. The number of benzene rings is 2. The molecule has 1 fully saturated rings. The van der Waals surface area contributed by atoms with Gasteiger partial charge in [0, 0.05) is 49.2 Å². The van der Waals surface area contributed by atoms with Crippen molar-refractivity contribution in [1.29, 1.82) is 0 Å². The van der Waals surface area contributed by atoms with E-state index in [1.54, 1.807) is 17.2 Å². The van der Waals surface area contributed by atoms with Gasteiger partial charge in [0.1, 0.15) is 6.33 Å². The van der Waals surface area contributed by atoms with E-state index in [4.69, 9.17) is 9.72 Å². The van der Waals surface area contributed by atoms with Crippen LogP contribution in [0.4, 0.5) is 11.5 Å². The third-order valence-electron chi connectivity index (χ3n) is 9.71. The van der Waals surface area contributed by atoms with Crippen molar-refractivity contribution in [3.63, 3.8) is 0 Å². The minimum atomic E-state index is -1.15. The molecule has 0 saturated carbocycles. The number of hydrogen-bond donors (Lipinski definition) is 1. The highest BCUT2D eigenvalue weighted by molar-refractivity contribution is 5.88. The molecule has 1 saturated heterocycles. The Balaban J connectivity index is 1.25. The molecule has 2 aromatic carbocycles. The second-order valence-corrected chi connectivity index (χ2v) is 15.0. The molecule has 11 heteroatoms. The molecule has 1 N–H and O–H groups in total. The second kappa shape index (κ2) is 12.5. The predicted molar refractivity (Wildman–Crippen MR) is 190 cm³/mol. The van der Waals surface area contributed by atoms with Crippen molar-refractivity contribution < 1.29 is 14.6 Å². The third kappa shape index (κ3) is 6.47. The van der Waals surface area contributed by atoms with Gasteiger partial charge in [-0.3, -0.25) is 4.98 Å². The SMILES string of the molecule is Cc1ncc([C@H](OC(C)(C)C)C(=O)O)c(N2CCC(C)(C)CC2)c1-c1ccc2c(c1)CCN(c1ncnc3c1nnn3-c1ccccc1)C2. The van der Waals surface area contributed by atoms with Crippen LogP contribution in [0.15, 0.2) is 61.1 Å². The van der Waals surface area contributed by atoms with Crippen molar-refractivity contribution in [1.82, 2.24) is 29.9 Å². The summed E-state index contributed by atoms with van der Waals surface area (Å²) in [4.78, 5) is 31.3. The first-order valence-corrected chi connectivity index (χ1v) is 17.0. The summed E-state index contributed by atoms with van der Waals surface area (Å²) in [5.41, 5.74) is 8.67. The largest absolute Gasteiger partial charge is 0.479 e. The molecular weight excluding hydrogens is 616 g/mol. The van der Waals surface area contributed by atoms with Crippen molar-refractivity contribution in [2.75, 3.05) is 29.4 Å². The summed E-state index contributed by atoms with van der Waals surface area (Å²) in [6.45, 7) is 15.4. The number of ether oxygens (including phenoxy) is 1. The number of carbonyl (C=O) groups is 1. The molecule has 0 amide bonds. The highest BCUT2D eigenvalue weighted by Crippen LogP contribution is 2.44. The Kier molecular flexibility index (Phi) is 8.34. The van der Waals surface area contributed by atoms with Gasteiger partial charge in [-0.25, -0.2) is 14.8 Å². The number of pyridine rings is 1. The van der Waals surface area contributed by atoms with Gasteiger partial charge in [0.25, 0.3) is 0 Å². The van der Waals surface area contributed by atoms with Gasteiger partial charge in [0.2, 0.25) is 0 Å². The van der Waals surface area contributed by atoms with E-state index in [-0.39, 0.29) is 5.41 Å². The van der Waals surface area contributed by atoms with Crippen LogP contribution >= 0.6 is 0 Å². The summed E-state index contributed by atoms with van der Waals surface area (Å²) >= 11 is 0. The van der Waals surface area contributed by atoms with Crippen LogP contribution in [-0.2, 0) is 22.5 Å². The minimum Gasteiger partial charge on any atom is -0.479 e. The molecule has 49 heavy (non-hydrogen) atoms. The Labute approximate surface area is 287 Å². The molecule has 2 aliphatic heterocycles. The Morgan fingerprint density at radius 1 is 0.959 bits per heavy atom. The molecule has 0 spiro atoms. The van der Waals surface area contributed by atoms with E-state index in [9.17, 15) is 9.90 Å². The molecule has 5 aromatic rings. The van der Waals surface area contributed by atoms with E-state index in [0.29, 0.717) is 23.3 Å². The number of nitrogens with zero attached hydrogens (tertiary/aromatic N) is 8. The predicted octanol–water partition coefficient (Wildman–Crippen LogP) is 6.71. The number of aromatic nitrogens is 6. The molecule has 11 nitrogen and oxygen atoms in total. The molecular formula is C38H44N8O3. The van der Waals surface area contributed by atoms with Crippen LogP contribution in [0, 0.1) is 12.3 Å². The van der Waals surface area contributed by atoms with Crippen molar-refractivity contribution in [2.45, 2.75) is 79.1 Å². The summed E-state index contributed by atoms with van der Waals surface area (Å²) in [6.07, 6.45) is 4.99. The minimum absolute atomic E-state index is 0.232. The van der Waals surface area contributed by atoms with Gasteiger partial charge in [0.15, 0.2) is 23.1 Å². The van der Waals surface area contributed by atoms with E-state index in [0.717, 1.165) is 72.9 Å². The van der Waals surface area contributed by atoms with Gasteiger partial charge in [-0.15, -0.1) is 5.10 Å². The van der Waals surface area contributed by atoms with Gasteiger partial charge < -0.3 is 19.6 Å². The molecule has 0 bridgehead atoms.